The Balaban J connectivity index is 1.57. The van der Waals surface area contributed by atoms with Crippen molar-refractivity contribution in [3.05, 3.63) is 23.8 Å². The van der Waals surface area contributed by atoms with E-state index >= 15 is 0 Å². The number of aromatic hydroxyl groups is 2. The topological polar surface area (TPSA) is 157 Å². The van der Waals surface area contributed by atoms with E-state index in [1.807, 2.05) is 6.92 Å². The van der Waals surface area contributed by atoms with Crippen LogP contribution in [0.5, 0.6) is 11.5 Å². The van der Waals surface area contributed by atoms with Gasteiger partial charge >= 0.3 is 5.97 Å². The first-order valence-corrected chi connectivity index (χ1v) is 13.8. The van der Waals surface area contributed by atoms with E-state index in [1.54, 1.807) is 0 Å². The van der Waals surface area contributed by atoms with E-state index in [4.69, 9.17) is 4.74 Å². The molecular weight excluding hydrogens is 504 g/mol. The highest BCUT2D eigenvalue weighted by molar-refractivity contribution is 5.92. The van der Waals surface area contributed by atoms with E-state index in [-0.39, 0.29) is 34.9 Å². The van der Waals surface area contributed by atoms with Gasteiger partial charge in [0.25, 0.3) is 0 Å². The Labute approximate surface area is 230 Å². The molecule has 10 nitrogen and oxygen atoms in total. The molecule has 1 saturated heterocycles. The average molecular weight is 549 g/mol. The Bertz CT molecular complexity index is 1060. The first kappa shape index (κ1) is 30.7. The molecule has 0 aromatic heterocycles. The quantitative estimate of drug-likeness (QED) is 0.220. The molecule has 2 aliphatic rings. The number of hydrogen-bond acceptors (Lipinski definition) is 8. The van der Waals surface area contributed by atoms with Crippen LogP contribution in [0.1, 0.15) is 72.3 Å². The maximum absolute atomic E-state index is 13.2. The lowest BCUT2D eigenvalue weighted by Crippen LogP contribution is -2.55. The van der Waals surface area contributed by atoms with Crippen LogP contribution in [0.15, 0.2) is 18.2 Å². The van der Waals surface area contributed by atoms with Crippen molar-refractivity contribution in [3.63, 3.8) is 0 Å². The number of phenols is 2. The fourth-order valence-corrected chi connectivity index (χ4v) is 5.85. The number of aliphatic hydroxyl groups is 2. The van der Waals surface area contributed by atoms with Gasteiger partial charge in [-0.2, -0.15) is 0 Å². The fraction of sp³-hybridized carbons (Fsp3) is 0.690. The van der Waals surface area contributed by atoms with Gasteiger partial charge in [-0.15, -0.1) is 0 Å². The van der Waals surface area contributed by atoms with Crippen LogP contribution < -0.4 is 5.32 Å². The van der Waals surface area contributed by atoms with Crippen molar-refractivity contribution in [3.8, 4) is 11.5 Å². The molecule has 3 rings (SSSR count). The molecule has 39 heavy (non-hydrogen) atoms. The van der Waals surface area contributed by atoms with E-state index in [0.717, 1.165) is 19.3 Å². The molecule has 1 aliphatic carbocycles. The molecule has 1 aromatic rings. The summed E-state index contributed by atoms with van der Waals surface area (Å²) >= 11 is 0. The number of nitrogens with zero attached hydrogens (tertiary/aromatic N) is 1. The summed E-state index contributed by atoms with van der Waals surface area (Å²) in [6, 6.07) is 1.75. The first-order valence-electron chi connectivity index (χ1n) is 13.8. The molecule has 2 amide bonds. The zero-order valence-corrected chi connectivity index (χ0v) is 23.6. The van der Waals surface area contributed by atoms with Crippen molar-refractivity contribution in [2.75, 3.05) is 13.2 Å². The maximum Gasteiger partial charge on any atom is 0.329 e. The number of likely N-dealkylation sites (tertiary alicyclic amines) is 1. The second kappa shape index (κ2) is 12.1. The molecule has 1 aromatic carbocycles. The molecule has 0 bridgehead atoms. The number of ether oxygens (including phenoxy) is 1. The molecule has 1 saturated carbocycles. The lowest BCUT2D eigenvalue weighted by Gasteiger charge is -2.40. The molecule has 5 unspecified atom stereocenters. The van der Waals surface area contributed by atoms with Crippen molar-refractivity contribution in [2.45, 2.75) is 97.4 Å². The number of esters is 1. The fourth-order valence-electron chi connectivity index (χ4n) is 5.85. The molecular formula is C29H44N2O8. The Morgan fingerprint density at radius 1 is 1.13 bits per heavy atom. The van der Waals surface area contributed by atoms with Crippen LogP contribution in [0.2, 0.25) is 0 Å². The first-order chi connectivity index (χ1) is 18.2. The highest BCUT2D eigenvalue weighted by atomic mass is 16.5. The molecule has 1 heterocycles. The van der Waals surface area contributed by atoms with Gasteiger partial charge in [-0.3, -0.25) is 9.59 Å². The normalized spacial score (nSPS) is 24.1. The molecule has 5 N–H and O–H groups in total. The van der Waals surface area contributed by atoms with Crippen LogP contribution in [0.3, 0.4) is 0 Å². The van der Waals surface area contributed by atoms with Crippen LogP contribution in [0, 0.1) is 16.7 Å². The number of rotatable bonds is 10. The van der Waals surface area contributed by atoms with E-state index in [9.17, 15) is 34.8 Å². The van der Waals surface area contributed by atoms with Gasteiger partial charge in [0.1, 0.15) is 18.2 Å². The van der Waals surface area contributed by atoms with E-state index in [2.05, 4.69) is 33.0 Å². The Morgan fingerprint density at radius 2 is 1.82 bits per heavy atom. The van der Waals surface area contributed by atoms with Crippen molar-refractivity contribution >= 4 is 17.8 Å². The summed E-state index contributed by atoms with van der Waals surface area (Å²) in [6.07, 6.45) is 1.90. The second-order valence-electron chi connectivity index (χ2n) is 12.3. The third-order valence-corrected chi connectivity index (χ3v) is 9.19. The third-order valence-electron chi connectivity index (χ3n) is 9.19. The zero-order chi connectivity index (χ0) is 29.1. The second-order valence-corrected chi connectivity index (χ2v) is 12.3. The van der Waals surface area contributed by atoms with Crippen molar-refractivity contribution in [1.29, 1.82) is 0 Å². The van der Waals surface area contributed by atoms with Gasteiger partial charge in [0.15, 0.2) is 11.5 Å². The number of carbonyl (C=O) groups excluding carboxylic acids is 3. The van der Waals surface area contributed by atoms with Crippen LogP contribution in [-0.2, 0) is 25.5 Å². The van der Waals surface area contributed by atoms with Crippen LogP contribution in [0.25, 0.3) is 0 Å². The summed E-state index contributed by atoms with van der Waals surface area (Å²) < 4.78 is 5.79. The highest BCUT2D eigenvalue weighted by Gasteiger charge is 2.49. The molecule has 218 valence electrons. The average Bonchev–Trinajstić information content (AvgIpc) is 3.43. The number of nitrogens with one attached hydrogen (secondary N) is 1. The number of hydrogen-bond donors (Lipinski definition) is 5. The minimum atomic E-state index is -1.57. The number of phenolic OH excluding ortho intramolecular Hbond substituents is 2. The van der Waals surface area contributed by atoms with E-state index in [1.165, 1.54) is 23.1 Å². The highest BCUT2D eigenvalue weighted by Crippen LogP contribution is 2.57. The summed E-state index contributed by atoms with van der Waals surface area (Å²) in [5.74, 6) is -2.29. The number of aliphatic hydroxyl groups excluding tert-OH is 2. The van der Waals surface area contributed by atoms with Gasteiger partial charge in [0.05, 0.1) is 12.7 Å². The summed E-state index contributed by atoms with van der Waals surface area (Å²) in [5.41, 5.74) is 0.711. The smallest absolute Gasteiger partial charge is 0.329 e. The van der Waals surface area contributed by atoms with Crippen molar-refractivity contribution < 1.29 is 39.5 Å². The largest absolute Gasteiger partial charge is 0.504 e. The monoisotopic (exact) mass is 548 g/mol. The predicted molar refractivity (Wildman–Crippen MR) is 144 cm³/mol. The van der Waals surface area contributed by atoms with Gasteiger partial charge in [-0.05, 0) is 73.5 Å². The van der Waals surface area contributed by atoms with Gasteiger partial charge < -0.3 is 35.4 Å². The van der Waals surface area contributed by atoms with Crippen LogP contribution >= 0.6 is 0 Å². The summed E-state index contributed by atoms with van der Waals surface area (Å²) in [5, 5.41) is 41.6. The van der Waals surface area contributed by atoms with Crippen molar-refractivity contribution in [1.82, 2.24) is 10.2 Å². The Morgan fingerprint density at radius 3 is 2.41 bits per heavy atom. The Kier molecular flexibility index (Phi) is 9.54. The van der Waals surface area contributed by atoms with E-state index < -0.39 is 42.6 Å². The number of amides is 2. The zero-order valence-electron chi connectivity index (χ0n) is 23.6. The summed E-state index contributed by atoms with van der Waals surface area (Å²) in [7, 11) is 0. The Hall–Kier alpha value is -2.85. The molecule has 1 aliphatic heterocycles. The molecule has 0 spiro atoms. The predicted octanol–water partition coefficient (Wildman–Crippen LogP) is 2.25. The minimum absolute atomic E-state index is 0.114. The SMILES string of the molecule is CC(CC1CCC(C)(C)C1(C)C)OC(=O)C1CCCN1C(=O)C(CO)NC(=O)C(O)Cc1ccc(O)c(O)c1. The van der Waals surface area contributed by atoms with Crippen LogP contribution in [0.4, 0.5) is 0 Å². The van der Waals surface area contributed by atoms with Gasteiger partial charge in [0, 0.05) is 13.0 Å². The third kappa shape index (κ3) is 6.84. The van der Waals surface area contributed by atoms with Gasteiger partial charge in [-0.1, -0.05) is 33.8 Å². The number of carbonyl (C=O) groups is 3. The van der Waals surface area contributed by atoms with Gasteiger partial charge in [0.2, 0.25) is 11.8 Å². The van der Waals surface area contributed by atoms with Crippen LogP contribution in [-0.4, -0.2) is 80.6 Å². The lowest BCUT2D eigenvalue weighted by molar-refractivity contribution is -0.159. The molecule has 5 atom stereocenters. The number of benzene rings is 1. The minimum Gasteiger partial charge on any atom is -0.504 e. The molecule has 2 fully saturated rings. The van der Waals surface area contributed by atoms with Crippen molar-refractivity contribution in [2.24, 2.45) is 16.7 Å². The molecule has 10 heteroatoms. The van der Waals surface area contributed by atoms with E-state index in [0.29, 0.717) is 30.9 Å². The standard InChI is InChI=1S/C29H44N2O8/c1-17(13-19-10-11-28(2,3)29(19,4)5)39-27(38)21-7-6-12-31(21)26(37)20(16-32)30-25(36)24(35)15-18-8-9-22(33)23(34)14-18/h8-9,14,17,19-21,24,32-35H,6-7,10-13,15-16H2,1-5H3,(H,30,36). The summed E-state index contributed by atoms with van der Waals surface area (Å²) in [6.45, 7) is 10.6. The van der Waals surface area contributed by atoms with Gasteiger partial charge in [-0.25, -0.2) is 4.79 Å². The lowest BCUT2D eigenvalue weighted by atomic mass is 9.66. The summed E-state index contributed by atoms with van der Waals surface area (Å²) in [4.78, 5) is 40.2. The maximum atomic E-state index is 13.2. The molecule has 0 radical (unpaired) electrons.